The highest BCUT2D eigenvalue weighted by Crippen LogP contribution is 2.15. The average Bonchev–Trinajstić information content (AvgIpc) is 2.41. The van der Waals surface area contributed by atoms with Crippen molar-refractivity contribution in [2.24, 2.45) is 5.73 Å². The Morgan fingerprint density at radius 3 is 2.00 bits per heavy atom. The lowest BCUT2D eigenvalue weighted by atomic mass is 10.0. The van der Waals surface area contributed by atoms with Gasteiger partial charge in [-0.05, 0) is 6.42 Å². The first-order valence-electron chi connectivity index (χ1n) is 7.43. The Morgan fingerprint density at radius 2 is 1.55 bits per heavy atom. The standard InChI is InChI=1S/C14H28N2O4/c1-2-3-4-5-6-7-8-9-10-14(20,13(18)19)16-12(17)11-15/h20H,2-11,15H2,1H3,(H,16,17)(H,18,19). The molecule has 0 heterocycles. The van der Waals surface area contributed by atoms with Crippen molar-refractivity contribution >= 4 is 11.9 Å². The molecule has 5 N–H and O–H groups in total. The summed E-state index contributed by atoms with van der Waals surface area (Å²) in [6.45, 7) is 1.83. The minimum atomic E-state index is -2.20. The third-order valence-electron chi connectivity index (χ3n) is 3.28. The van der Waals surface area contributed by atoms with Crippen LogP contribution < -0.4 is 11.1 Å². The van der Waals surface area contributed by atoms with Crippen LogP contribution in [0.5, 0.6) is 0 Å². The predicted molar refractivity (Wildman–Crippen MR) is 77.0 cm³/mol. The predicted octanol–water partition coefficient (Wildman–Crippen LogP) is 1.37. The number of nitrogens with two attached hydrogens (primary N) is 1. The van der Waals surface area contributed by atoms with E-state index in [1.807, 2.05) is 0 Å². The normalized spacial score (nSPS) is 13.8. The van der Waals surface area contributed by atoms with Crippen LogP contribution in [0.4, 0.5) is 0 Å². The molecule has 0 rings (SSSR count). The second-order valence-electron chi connectivity index (χ2n) is 5.14. The molecule has 118 valence electrons. The Hall–Kier alpha value is -1.14. The molecule has 0 aliphatic rings. The molecule has 1 atom stereocenters. The molecule has 1 amide bonds. The molecule has 0 aliphatic carbocycles. The molecular formula is C14H28N2O4. The van der Waals surface area contributed by atoms with Crippen molar-refractivity contribution in [2.75, 3.05) is 6.54 Å². The van der Waals surface area contributed by atoms with Crippen molar-refractivity contribution < 1.29 is 19.8 Å². The van der Waals surface area contributed by atoms with Crippen LogP contribution >= 0.6 is 0 Å². The second kappa shape index (κ2) is 10.6. The largest absolute Gasteiger partial charge is 0.478 e. The molecule has 0 aliphatic heterocycles. The van der Waals surface area contributed by atoms with Gasteiger partial charge in [-0.3, -0.25) is 4.79 Å². The minimum Gasteiger partial charge on any atom is -0.478 e. The van der Waals surface area contributed by atoms with Crippen molar-refractivity contribution in [3.05, 3.63) is 0 Å². The highest BCUT2D eigenvalue weighted by molar-refractivity contribution is 5.86. The van der Waals surface area contributed by atoms with Crippen LogP contribution in [0.3, 0.4) is 0 Å². The van der Waals surface area contributed by atoms with E-state index < -0.39 is 17.6 Å². The summed E-state index contributed by atoms with van der Waals surface area (Å²) in [5.74, 6) is -2.11. The number of hydrogen-bond acceptors (Lipinski definition) is 4. The number of amides is 1. The number of carbonyl (C=O) groups excluding carboxylic acids is 1. The Bertz CT molecular complexity index is 297. The Labute approximate surface area is 120 Å². The molecule has 0 fully saturated rings. The van der Waals surface area contributed by atoms with Crippen LogP contribution in [0, 0.1) is 0 Å². The second-order valence-corrected chi connectivity index (χ2v) is 5.14. The third-order valence-corrected chi connectivity index (χ3v) is 3.28. The van der Waals surface area contributed by atoms with Crippen LogP contribution in [0.25, 0.3) is 0 Å². The van der Waals surface area contributed by atoms with E-state index >= 15 is 0 Å². The van der Waals surface area contributed by atoms with Gasteiger partial charge in [0.25, 0.3) is 0 Å². The number of carboxylic acid groups (broad SMARTS) is 1. The number of aliphatic hydroxyl groups is 1. The zero-order chi connectivity index (χ0) is 15.4. The van der Waals surface area contributed by atoms with E-state index in [2.05, 4.69) is 12.2 Å². The molecule has 0 aromatic heterocycles. The van der Waals surface area contributed by atoms with Crippen LogP contribution in [0.2, 0.25) is 0 Å². The summed E-state index contributed by atoms with van der Waals surface area (Å²) < 4.78 is 0. The van der Waals surface area contributed by atoms with E-state index in [9.17, 15) is 14.7 Å². The van der Waals surface area contributed by atoms with E-state index in [-0.39, 0.29) is 13.0 Å². The van der Waals surface area contributed by atoms with Crippen molar-refractivity contribution in [1.82, 2.24) is 5.32 Å². The monoisotopic (exact) mass is 288 g/mol. The maximum Gasteiger partial charge on any atom is 0.357 e. The number of rotatable bonds is 12. The first-order valence-corrected chi connectivity index (χ1v) is 7.43. The molecule has 0 aromatic carbocycles. The zero-order valence-corrected chi connectivity index (χ0v) is 12.4. The molecule has 0 bridgehead atoms. The van der Waals surface area contributed by atoms with Crippen molar-refractivity contribution in [3.8, 4) is 0 Å². The lowest BCUT2D eigenvalue weighted by molar-refractivity contribution is -0.166. The van der Waals surface area contributed by atoms with Gasteiger partial charge in [-0.2, -0.15) is 0 Å². The third kappa shape index (κ3) is 8.12. The SMILES string of the molecule is CCCCCCCCCCC(O)(NC(=O)CN)C(=O)O. The summed E-state index contributed by atoms with van der Waals surface area (Å²) in [4.78, 5) is 22.1. The summed E-state index contributed by atoms with van der Waals surface area (Å²) in [6, 6.07) is 0. The number of unbranched alkanes of at least 4 members (excludes halogenated alkanes) is 7. The van der Waals surface area contributed by atoms with E-state index in [0.717, 1.165) is 19.3 Å². The maximum atomic E-state index is 11.1. The van der Waals surface area contributed by atoms with Gasteiger partial charge in [-0.25, -0.2) is 4.79 Å². The van der Waals surface area contributed by atoms with Gasteiger partial charge in [0, 0.05) is 6.42 Å². The van der Waals surface area contributed by atoms with Crippen molar-refractivity contribution in [3.63, 3.8) is 0 Å². The van der Waals surface area contributed by atoms with Gasteiger partial charge in [-0.1, -0.05) is 51.9 Å². The lowest BCUT2D eigenvalue weighted by Crippen LogP contribution is -2.55. The molecule has 0 radical (unpaired) electrons. The number of carboxylic acids is 1. The zero-order valence-electron chi connectivity index (χ0n) is 12.4. The highest BCUT2D eigenvalue weighted by atomic mass is 16.4. The summed E-state index contributed by atoms with van der Waals surface area (Å²) in [6.07, 6.45) is 8.45. The summed E-state index contributed by atoms with van der Waals surface area (Å²) in [5, 5.41) is 20.9. The maximum absolute atomic E-state index is 11.1. The number of carbonyl (C=O) groups is 2. The summed E-state index contributed by atoms with van der Waals surface area (Å²) >= 11 is 0. The molecule has 20 heavy (non-hydrogen) atoms. The Morgan fingerprint density at radius 1 is 1.05 bits per heavy atom. The van der Waals surface area contributed by atoms with Gasteiger partial charge in [0.05, 0.1) is 6.54 Å². The van der Waals surface area contributed by atoms with Crippen LogP contribution in [0.15, 0.2) is 0 Å². The number of aliphatic carboxylic acids is 1. The van der Waals surface area contributed by atoms with Crippen LogP contribution in [-0.2, 0) is 9.59 Å². The number of hydrogen-bond donors (Lipinski definition) is 4. The molecule has 6 nitrogen and oxygen atoms in total. The summed E-state index contributed by atoms with van der Waals surface area (Å²) in [5.41, 5.74) is 2.90. The molecule has 1 unspecified atom stereocenters. The van der Waals surface area contributed by atoms with Crippen LogP contribution in [-0.4, -0.2) is 34.4 Å². The fourth-order valence-corrected chi connectivity index (χ4v) is 2.02. The van der Waals surface area contributed by atoms with Crippen molar-refractivity contribution in [2.45, 2.75) is 70.4 Å². The topological polar surface area (TPSA) is 113 Å². The van der Waals surface area contributed by atoms with Gasteiger partial charge in [-0.15, -0.1) is 0 Å². The first-order chi connectivity index (χ1) is 9.46. The molecule has 0 aromatic rings. The van der Waals surface area contributed by atoms with Gasteiger partial charge < -0.3 is 21.3 Å². The average molecular weight is 288 g/mol. The lowest BCUT2D eigenvalue weighted by Gasteiger charge is -2.24. The Balaban J connectivity index is 3.87. The molecular weight excluding hydrogens is 260 g/mol. The highest BCUT2D eigenvalue weighted by Gasteiger charge is 2.36. The van der Waals surface area contributed by atoms with Crippen molar-refractivity contribution in [1.29, 1.82) is 0 Å². The van der Waals surface area contributed by atoms with Crippen LogP contribution in [0.1, 0.15) is 64.7 Å². The Kier molecular flexibility index (Phi) is 10.0. The molecule has 6 heteroatoms. The first kappa shape index (κ1) is 18.9. The molecule has 0 spiro atoms. The smallest absolute Gasteiger partial charge is 0.357 e. The fourth-order valence-electron chi connectivity index (χ4n) is 2.02. The van der Waals surface area contributed by atoms with Gasteiger partial charge in [0.2, 0.25) is 11.6 Å². The fraction of sp³-hybridized carbons (Fsp3) is 0.857. The summed E-state index contributed by atoms with van der Waals surface area (Å²) in [7, 11) is 0. The van der Waals surface area contributed by atoms with E-state index in [0.29, 0.717) is 6.42 Å². The van der Waals surface area contributed by atoms with Gasteiger partial charge in [0.15, 0.2) is 0 Å². The van der Waals surface area contributed by atoms with E-state index in [1.165, 1.54) is 25.7 Å². The van der Waals surface area contributed by atoms with Gasteiger partial charge in [0.1, 0.15) is 0 Å². The molecule has 0 saturated heterocycles. The van der Waals surface area contributed by atoms with E-state index in [4.69, 9.17) is 10.8 Å². The number of nitrogens with one attached hydrogen (secondary N) is 1. The minimum absolute atomic E-state index is 0.00301. The molecule has 0 saturated carbocycles. The van der Waals surface area contributed by atoms with Gasteiger partial charge >= 0.3 is 5.97 Å². The quantitative estimate of drug-likeness (QED) is 0.320. The van der Waals surface area contributed by atoms with E-state index in [1.54, 1.807) is 0 Å².